The predicted molar refractivity (Wildman–Crippen MR) is 97.0 cm³/mol. The highest BCUT2D eigenvalue weighted by molar-refractivity contribution is 5.97. The summed E-state index contributed by atoms with van der Waals surface area (Å²) in [6, 6.07) is 7.68. The third-order valence-electron chi connectivity index (χ3n) is 5.86. The molecule has 1 aromatic heterocycles. The van der Waals surface area contributed by atoms with Crippen molar-refractivity contribution in [3.05, 3.63) is 42.5 Å². The van der Waals surface area contributed by atoms with Gasteiger partial charge in [0, 0.05) is 19.1 Å². The van der Waals surface area contributed by atoms with E-state index in [-0.39, 0.29) is 18.1 Å². The molecule has 1 aliphatic heterocycles. The second-order valence-corrected chi connectivity index (χ2v) is 7.66. The number of aromatic nitrogens is 3. The van der Waals surface area contributed by atoms with Crippen LogP contribution in [0.15, 0.2) is 36.9 Å². The Balaban J connectivity index is 1.55. The van der Waals surface area contributed by atoms with E-state index < -0.39 is 0 Å². The molecule has 4 rings (SSSR count). The molecule has 1 saturated heterocycles. The van der Waals surface area contributed by atoms with Gasteiger partial charge >= 0.3 is 0 Å². The lowest BCUT2D eigenvalue weighted by Gasteiger charge is -2.38. The van der Waals surface area contributed by atoms with Crippen molar-refractivity contribution in [3.8, 4) is 5.69 Å². The third-order valence-corrected chi connectivity index (χ3v) is 5.86. The van der Waals surface area contributed by atoms with Crippen LogP contribution in [0.4, 0.5) is 0 Å². The number of hydrogen-bond donors (Lipinski definition) is 1. The molecule has 1 saturated carbocycles. The lowest BCUT2D eigenvalue weighted by Crippen LogP contribution is -2.46. The molecule has 2 heterocycles. The largest absolute Gasteiger partial charge is 0.391 e. The van der Waals surface area contributed by atoms with Crippen LogP contribution in [0.3, 0.4) is 0 Å². The van der Waals surface area contributed by atoms with Gasteiger partial charge in [0.15, 0.2) is 0 Å². The molecule has 7 nitrogen and oxygen atoms in total. The van der Waals surface area contributed by atoms with Crippen LogP contribution in [-0.2, 0) is 0 Å². The Morgan fingerprint density at radius 2 is 1.92 bits per heavy atom. The van der Waals surface area contributed by atoms with Gasteiger partial charge in [0.05, 0.1) is 17.4 Å². The van der Waals surface area contributed by atoms with E-state index in [0.29, 0.717) is 23.9 Å². The first-order valence-corrected chi connectivity index (χ1v) is 9.12. The van der Waals surface area contributed by atoms with Gasteiger partial charge in [-0.25, -0.2) is 9.67 Å². The molecule has 2 aromatic rings. The maximum Gasteiger partial charge on any atom is 0.256 e. The van der Waals surface area contributed by atoms with E-state index in [0.717, 1.165) is 25.1 Å². The molecule has 1 aliphatic carbocycles. The van der Waals surface area contributed by atoms with Crippen LogP contribution >= 0.6 is 0 Å². The molecular formula is C19H25N5O2. The smallest absolute Gasteiger partial charge is 0.256 e. The van der Waals surface area contributed by atoms with Crippen LogP contribution in [0.1, 0.15) is 23.2 Å². The lowest BCUT2D eigenvalue weighted by atomic mass is 9.77. The molecule has 26 heavy (non-hydrogen) atoms. The number of amides is 1. The van der Waals surface area contributed by atoms with Gasteiger partial charge in [-0.1, -0.05) is 12.1 Å². The van der Waals surface area contributed by atoms with Crippen LogP contribution in [0.25, 0.3) is 5.69 Å². The number of benzene rings is 1. The van der Waals surface area contributed by atoms with Crippen molar-refractivity contribution >= 4 is 5.91 Å². The van der Waals surface area contributed by atoms with Crippen molar-refractivity contribution in [1.29, 1.82) is 0 Å². The lowest BCUT2D eigenvalue weighted by molar-refractivity contribution is 0.00940. The molecule has 1 aromatic carbocycles. The number of para-hydroxylation sites is 1. The molecule has 2 aliphatic rings. The van der Waals surface area contributed by atoms with E-state index in [1.54, 1.807) is 11.0 Å². The van der Waals surface area contributed by atoms with Crippen LogP contribution in [0.2, 0.25) is 0 Å². The number of aliphatic hydroxyl groups excluding tert-OH is 1. The van der Waals surface area contributed by atoms with Crippen molar-refractivity contribution in [2.45, 2.75) is 25.0 Å². The number of likely N-dealkylation sites (tertiary alicyclic amines) is 1. The van der Waals surface area contributed by atoms with Gasteiger partial charge in [0.2, 0.25) is 0 Å². The van der Waals surface area contributed by atoms with Crippen LogP contribution in [0, 0.1) is 11.8 Å². The fourth-order valence-electron chi connectivity index (χ4n) is 4.49. The Morgan fingerprint density at radius 1 is 1.19 bits per heavy atom. The number of fused-ring (bicyclic) bond motifs is 1. The minimum atomic E-state index is -0.316. The summed E-state index contributed by atoms with van der Waals surface area (Å²) in [7, 11) is 4.03. The zero-order valence-corrected chi connectivity index (χ0v) is 15.2. The van der Waals surface area contributed by atoms with Crippen molar-refractivity contribution in [2.75, 3.05) is 27.2 Å². The quantitative estimate of drug-likeness (QED) is 0.890. The molecule has 1 N–H and O–H groups in total. The number of nitrogens with zero attached hydrogens (tertiary/aromatic N) is 5. The van der Waals surface area contributed by atoms with Crippen molar-refractivity contribution in [1.82, 2.24) is 24.6 Å². The number of carbonyl (C=O) groups is 1. The normalized spacial score (nSPS) is 28.4. The second-order valence-electron chi connectivity index (χ2n) is 7.66. The zero-order chi connectivity index (χ0) is 18.3. The maximum atomic E-state index is 13.2. The van der Waals surface area contributed by atoms with E-state index >= 15 is 0 Å². The third kappa shape index (κ3) is 3.01. The van der Waals surface area contributed by atoms with Crippen LogP contribution in [-0.4, -0.2) is 74.9 Å². The van der Waals surface area contributed by atoms with Crippen molar-refractivity contribution in [2.24, 2.45) is 11.8 Å². The Labute approximate surface area is 153 Å². The minimum Gasteiger partial charge on any atom is -0.391 e. The highest BCUT2D eigenvalue weighted by Crippen LogP contribution is 2.38. The molecule has 0 spiro atoms. The maximum absolute atomic E-state index is 13.2. The van der Waals surface area contributed by atoms with Gasteiger partial charge in [0.1, 0.15) is 12.7 Å². The van der Waals surface area contributed by atoms with E-state index in [2.05, 4.69) is 15.0 Å². The summed E-state index contributed by atoms with van der Waals surface area (Å²) in [5, 5.41) is 14.6. The SMILES string of the molecule is CN(C)[C@@H]1C[C@@H]2CN(C(=O)c3ccccc3-n3cncn3)C[C@@H]2C[C@H]1O. The average molecular weight is 355 g/mol. The van der Waals surface area contributed by atoms with E-state index in [9.17, 15) is 9.90 Å². The first-order valence-electron chi connectivity index (χ1n) is 9.12. The summed E-state index contributed by atoms with van der Waals surface area (Å²) >= 11 is 0. The van der Waals surface area contributed by atoms with Crippen LogP contribution in [0.5, 0.6) is 0 Å². The molecular weight excluding hydrogens is 330 g/mol. The summed E-state index contributed by atoms with van der Waals surface area (Å²) in [6.45, 7) is 1.47. The Bertz CT molecular complexity index is 776. The van der Waals surface area contributed by atoms with Gasteiger partial charge in [-0.05, 0) is 50.9 Å². The number of carbonyl (C=O) groups excluding carboxylic acids is 1. The fourth-order valence-corrected chi connectivity index (χ4v) is 4.49. The standard InChI is InChI=1S/C19H25N5O2/c1-22(2)17-7-13-9-23(10-14(13)8-18(17)25)19(26)15-5-3-4-6-16(15)24-12-20-11-21-24/h3-6,11-14,17-18,25H,7-10H2,1-2H3/t13-,14+,17-,18-/m1/s1. The molecule has 0 unspecified atom stereocenters. The van der Waals surface area contributed by atoms with Gasteiger partial charge < -0.3 is 14.9 Å². The predicted octanol–water partition coefficient (Wildman–Crippen LogP) is 1.04. The first-order chi connectivity index (χ1) is 12.5. The highest BCUT2D eigenvalue weighted by atomic mass is 16.3. The van der Waals surface area contributed by atoms with E-state index in [1.807, 2.05) is 43.3 Å². The number of hydrogen-bond acceptors (Lipinski definition) is 5. The highest BCUT2D eigenvalue weighted by Gasteiger charge is 2.43. The van der Waals surface area contributed by atoms with Crippen LogP contribution < -0.4 is 0 Å². The van der Waals surface area contributed by atoms with Gasteiger partial charge in [-0.3, -0.25) is 4.79 Å². The Kier molecular flexibility index (Phi) is 4.50. The number of rotatable bonds is 3. The summed E-state index contributed by atoms with van der Waals surface area (Å²) in [5.74, 6) is 0.860. The van der Waals surface area contributed by atoms with Gasteiger partial charge in [-0.15, -0.1) is 0 Å². The monoisotopic (exact) mass is 355 g/mol. The fraction of sp³-hybridized carbons (Fsp3) is 0.526. The summed E-state index contributed by atoms with van der Waals surface area (Å²) in [6.07, 6.45) is 4.46. The Hall–Kier alpha value is -2.25. The minimum absolute atomic E-state index is 0.0291. The topological polar surface area (TPSA) is 74.5 Å². The molecule has 2 fully saturated rings. The molecule has 138 valence electrons. The molecule has 0 radical (unpaired) electrons. The van der Waals surface area contributed by atoms with Gasteiger partial charge in [0.25, 0.3) is 5.91 Å². The van der Waals surface area contributed by atoms with E-state index in [1.165, 1.54) is 6.33 Å². The molecule has 7 heteroatoms. The molecule has 0 bridgehead atoms. The van der Waals surface area contributed by atoms with E-state index in [4.69, 9.17) is 0 Å². The summed E-state index contributed by atoms with van der Waals surface area (Å²) < 4.78 is 1.63. The second kappa shape index (κ2) is 6.81. The molecule has 1 amide bonds. The van der Waals surface area contributed by atoms with Gasteiger partial charge in [-0.2, -0.15) is 5.10 Å². The first kappa shape index (κ1) is 17.2. The number of likely N-dealkylation sites (N-methyl/N-ethyl adjacent to an activating group) is 1. The summed E-state index contributed by atoms with van der Waals surface area (Å²) in [4.78, 5) is 21.2. The van der Waals surface area contributed by atoms with Crippen molar-refractivity contribution in [3.63, 3.8) is 0 Å². The molecule has 4 atom stereocenters. The summed E-state index contributed by atoms with van der Waals surface area (Å²) in [5.41, 5.74) is 1.39. The average Bonchev–Trinajstić information content (AvgIpc) is 3.29. The number of aliphatic hydroxyl groups is 1. The Morgan fingerprint density at radius 3 is 2.62 bits per heavy atom. The zero-order valence-electron chi connectivity index (χ0n) is 15.2. The van der Waals surface area contributed by atoms with Crippen molar-refractivity contribution < 1.29 is 9.90 Å².